The van der Waals surface area contributed by atoms with Crippen molar-refractivity contribution in [2.45, 2.75) is 0 Å². The third-order valence-corrected chi connectivity index (χ3v) is 0. The zero-order valence-corrected chi connectivity index (χ0v) is 5.13. The van der Waals surface area contributed by atoms with Crippen LogP contribution >= 0.6 is 0 Å². The fraction of sp³-hybridized carbons (Fsp3) is 0. The van der Waals surface area contributed by atoms with E-state index in [-0.39, 0.29) is 70.6 Å². The summed E-state index contributed by atoms with van der Waals surface area (Å²) in [6.07, 6.45) is 0. The van der Waals surface area contributed by atoms with E-state index in [9.17, 15) is 0 Å². The minimum atomic E-state index is 0. The predicted octanol–water partition coefficient (Wildman–Crippen LogP) is -2.37. The summed E-state index contributed by atoms with van der Waals surface area (Å²) in [7, 11) is 0. The second-order valence-corrected chi connectivity index (χ2v) is 0. The Bertz CT molecular complexity index is 8.00. The zero-order chi connectivity index (χ0) is 0. The van der Waals surface area contributed by atoms with Crippen LogP contribution in [0.4, 0.5) is 0 Å². The van der Waals surface area contributed by atoms with E-state index in [1.165, 1.54) is 0 Å². The summed E-state index contributed by atoms with van der Waals surface area (Å²) < 4.78 is 0. The summed E-state index contributed by atoms with van der Waals surface area (Å²) in [6.45, 7) is 0. The van der Waals surface area contributed by atoms with Gasteiger partial charge in [-0.2, -0.15) is 0 Å². The fourth-order valence-electron chi connectivity index (χ4n) is 0. The molecular weight excluding hydrogens is 174 g/mol. The maximum atomic E-state index is 0. The minimum Gasteiger partial charge on any atom is -0.0149 e. The van der Waals surface area contributed by atoms with Crippen LogP contribution in [-0.4, -0.2) is 34.0 Å². The molecule has 22 valence electrons. The van der Waals surface area contributed by atoms with E-state index in [0.29, 0.717) is 0 Å². The summed E-state index contributed by atoms with van der Waals surface area (Å²) in [5, 5.41) is 0. The average molecular weight is 180 g/mol. The van der Waals surface area contributed by atoms with Crippen molar-refractivity contribution in [2.24, 2.45) is 0 Å². The standard InChI is InChI=1S/Fe.Mg.H4Si.Zn.2H/h;;1H4;;;. The van der Waals surface area contributed by atoms with E-state index < -0.39 is 0 Å². The van der Waals surface area contributed by atoms with Gasteiger partial charge in [-0.05, 0) is 11.0 Å². The Hall–Kier alpha value is 2.13. The molecule has 0 nitrogen and oxygen atoms in total. The third-order valence-electron chi connectivity index (χ3n) is 0. The largest absolute Gasteiger partial charge is 0.316 e. The SMILES string of the molecule is [Fe].[MgH2].[SiH4].[Zn]. The van der Waals surface area contributed by atoms with E-state index in [2.05, 4.69) is 0 Å². The van der Waals surface area contributed by atoms with Crippen LogP contribution in [0.15, 0.2) is 0 Å². The van der Waals surface area contributed by atoms with Gasteiger partial charge in [-0.25, -0.2) is 0 Å². The zero-order valence-electron chi connectivity index (χ0n) is 1.06. The molecule has 0 unspecified atom stereocenters. The Kier molecular flexibility index (Phi) is 172. The van der Waals surface area contributed by atoms with E-state index in [1.807, 2.05) is 0 Å². The van der Waals surface area contributed by atoms with Gasteiger partial charge in [-0.1, -0.05) is 0 Å². The summed E-state index contributed by atoms with van der Waals surface area (Å²) in [4.78, 5) is 0. The van der Waals surface area contributed by atoms with Crippen molar-refractivity contribution in [1.82, 2.24) is 0 Å². The van der Waals surface area contributed by atoms with Gasteiger partial charge in [0.1, 0.15) is 0 Å². The molecule has 0 fully saturated rings. The van der Waals surface area contributed by atoms with Crippen LogP contribution in [0.1, 0.15) is 0 Å². The van der Waals surface area contributed by atoms with Crippen molar-refractivity contribution in [1.29, 1.82) is 0 Å². The Morgan fingerprint density at radius 3 is 1.00 bits per heavy atom. The first-order valence-corrected chi connectivity index (χ1v) is 0. The van der Waals surface area contributed by atoms with Crippen LogP contribution in [0.25, 0.3) is 0 Å². The molecule has 4 heavy (non-hydrogen) atoms. The molecule has 0 aromatic carbocycles. The maximum absolute atomic E-state index is 0. The van der Waals surface area contributed by atoms with Gasteiger partial charge in [0.05, 0.1) is 0 Å². The van der Waals surface area contributed by atoms with Crippen molar-refractivity contribution in [3.05, 3.63) is 0 Å². The molecule has 4 heteroatoms. The Balaban J connectivity index is 0. The van der Waals surface area contributed by atoms with Crippen molar-refractivity contribution < 1.29 is 36.5 Å². The van der Waals surface area contributed by atoms with Gasteiger partial charge in [-0.3, -0.25) is 0 Å². The third kappa shape index (κ3) is 8.92. The van der Waals surface area contributed by atoms with E-state index in [4.69, 9.17) is 0 Å². The number of hydrogen-bond acceptors (Lipinski definition) is 0. The normalized spacial score (nSPS) is 0. The molecule has 0 heterocycles. The topological polar surface area (TPSA) is 0 Å². The Morgan fingerprint density at radius 1 is 1.00 bits per heavy atom. The van der Waals surface area contributed by atoms with Crippen LogP contribution in [-0.2, 0) is 36.5 Å². The number of rotatable bonds is 0. The first-order valence-electron chi connectivity index (χ1n) is 0. The molecule has 0 saturated heterocycles. The summed E-state index contributed by atoms with van der Waals surface area (Å²) in [6, 6.07) is 0. The summed E-state index contributed by atoms with van der Waals surface area (Å²) >= 11 is 0. The molecule has 0 amide bonds. The molecule has 0 aromatic rings. The molecule has 0 bridgehead atoms. The smallest absolute Gasteiger partial charge is 0.0149 e. The molecule has 0 radical (unpaired) electrons. The van der Waals surface area contributed by atoms with Gasteiger partial charge in [0.2, 0.25) is 0 Å². The molecule has 0 aliphatic heterocycles. The van der Waals surface area contributed by atoms with E-state index in [0.717, 1.165) is 0 Å². The summed E-state index contributed by atoms with van der Waals surface area (Å²) in [5.74, 6) is 0. The van der Waals surface area contributed by atoms with Crippen LogP contribution in [0, 0.1) is 0 Å². The quantitative estimate of drug-likeness (QED) is 0.365. The van der Waals surface area contributed by atoms with Crippen molar-refractivity contribution in [3.8, 4) is 0 Å². The van der Waals surface area contributed by atoms with Gasteiger partial charge in [0.15, 0.2) is 0 Å². The van der Waals surface area contributed by atoms with Crippen molar-refractivity contribution in [3.63, 3.8) is 0 Å². The van der Waals surface area contributed by atoms with Gasteiger partial charge in [-0.15, -0.1) is 0 Å². The van der Waals surface area contributed by atoms with E-state index in [1.54, 1.807) is 0 Å². The monoisotopic (exact) mass is 178 g/mol. The second-order valence-electron chi connectivity index (χ2n) is 0. The molecule has 0 aromatic heterocycles. The van der Waals surface area contributed by atoms with Gasteiger partial charge < -0.3 is 0 Å². The molecule has 0 aliphatic rings. The molecule has 0 atom stereocenters. The van der Waals surface area contributed by atoms with Crippen molar-refractivity contribution >= 4 is 34.0 Å². The maximum Gasteiger partial charge on any atom is 0.316 e. The summed E-state index contributed by atoms with van der Waals surface area (Å²) in [5.41, 5.74) is 0. The van der Waals surface area contributed by atoms with Gasteiger partial charge in [0.25, 0.3) is 0 Å². The first kappa shape index (κ1) is 35.6. The average Bonchev–Trinajstić information content (AvgIpc) is 0. The predicted molar refractivity (Wildman–Crippen MR) is 19.9 cm³/mol. The van der Waals surface area contributed by atoms with Crippen molar-refractivity contribution in [2.75, 3.05) is 0 Å². The van der Waals surface area contributed by atoms with Crippen LogP contribution in [0.3, 0.4) is 0 Å². The number of hydrogen-bond donors (Lipinski definition) is 0. The Labute approximate surface area is 69.9 Å². The van der Waals surface area contributed by atoms with Crippen LogP contribution in [0.2, 0.25) is 0 Å². The molecular formula is H6FeMgSiZn. The molecule has 0 aliphatic carbocycles. The molecule has 0 rings (SSSR count). The second kappa shape index (κ2) is 19.3. The first-order chi connectivity index (χ1) is 0. The van der Waals surface area contributed by atoms with Crippen LogP contribution < -0.4 is 0 Å². The Morgan fingerprint density at radius 2 is 1.00 bits per heavy atom. The van der Waals surface area contributed by atoms with E-state index >= 15 is 0 Å². The fourth-order valence-corrected chi connectivity index (χ4v) is 0. The molecule has 0 saturated carbocycles. The minimum absolute atomic E-state index is 0. The van der Waals surface area contributed by atoms with Gasteiger partial charge >= 0.3 is 23.1 Å². The van der Waals surface area contributed by atoms with Gasteiger partial charge in [0, 0.05) is 36.5 Å². The molecule has 0 N–H and O–H groups in total. The molecule has 0 spiro atoms. The van der Waals surface area contributed by atoms with Crippen LogP contribution in [0.5, 0.6) is 0 Å².